The maximum Gasteiger partial charge on any atom is 0.252 e. The van der Waals surface area contributed by atoms with Crippen LogP contribution >= 0.6 is 22.6 Å². The second-order valence-electron chi connectivity index (χ2n) is 6.36. The van der Waals surface area contributed by atoms with E-state index in [2.05, 4.69) is 64.0 Å². The predicted octanol–water partition coefficient (Wildman–Crippen LogP) is 4.17. The Morgan fingerprint density at radius 1 is 1.12 bits per heavy atom. The third-order valence-corrected chi connectivity index (χ3v) is 5.56. The quantitative estimate of drug-likeness (QED) is 0.717. The first-order valence-electron chi connectivity index (χ1n) is 8.48. The van der Waals surface area contributed by atoms with Gasteiger partial charge in [0.1, 0.15) is 0 Å². The number of rotatable bonds is 5. The largest absolute Gasteiger partial charge is 0.350 e. The fraction of sp³-hybridized carbons (Fsp3) is 0.350. The number of hydrogen-bond donors (Lipinski definition) is 1. The van der Waals surface area contributed by atoms with Crippen molar-refractivity contribution in [2.75, 3.05) is 19.6 Å². The van der Waals surface area contributed by atoms with Crippen LogP contribution in [0.2, 0.25) is 0 Å². The number of nitrogens with one attached hydrogen (secondary N) is 1. The highest BCUT2D eigenvalue weighted by atomic mass is 127. The minimum Gasteiger partial charge on any atom is -0.350 e. The number of amides is 1. The number of likely N-dealkylation sites (tertiary alicyclic amines) is 1. The van der Waals surface area contributed by atoms with Gasteiger partial charge in [0.15, 0.2) is 0 Å². The smallest absolute Gasteiger partial charge is 0.252 e. The maximum absolute atomic E-state index is 12.5. The van der Waals surface area contributed by atoms with E-state index in [0.29, 0.717) is 6.54 Å². The zero-order chi connectivity index (χ0) is 16.9. The summed E-state index contributed by atoms with van der Waals surface area (Å²) in [6.45, 7) is 4.97. The molecule has 0 bridgehead atoms. The highest BCUT2D eigenvalue weighted by Gasteiger charge is 2.24. The third-order valence-electron chi connectivity index (χ3n) is 4.62. The average molecular weight is 434 g/mol. The molecule has 0 aliphatic carbocycles. The van der Waals surface area contributed by atoms with E-state index in [0.717, 1.165) is 22.2 Å². The van der Waals surface area contributed by atoms with Gasteiger partial charge in [0.2, 0.25) is 0 Å². The van der Waals surface area contributed by atoms with Gasteiger partial charge in [-0.05, 0) is 73.1 Å². The van der Waals surface area contributed by atoms with Crippen LogP contribution in [0.4, 0.5) is 0 Å². The van der Waals surface area contributed by atoms with Crippen LogP contribution < -0.4 is 5.32 Å². The Bertz CT molecular complexity index is 693. The fourth-order valence-electron chi connectivity index (χ4n) is 3.23. The molecule has 1 saturated heterocycles. The molecule has 1 aliphatic heterocycles. The number of carbonyl (C=O) groups excluding carboxylic acids is 1. The summed E-state index contributed by atoms with van der Waals surface area (Å²) in [5.74, 6) is 0.0105. The first kappa shape index (κ1) is 17.4. The molecule has 2 aromatic rings. The molecule has 126 valence electrons. The molecule has 1 atom stereocenters. The van der Waals surface area contributed by atoms with Crippen molar-refractivity contribution in [1.82, 2.24) is 10.2 Å². The lowest BCUT2D eigenvalue weighted by atomic mass is 10.0. The van der Waals surface area contributed by atoms with E-state index >= 15 is 0 Å². The summed E-state index contributed by atoms with van der Waals surface area (Å²) in [6, 6.07) is 16.7. The second kappa shape index (κ2) is 8.12. The first-order valence-corrected chi connectivity index (χ1v) is 9.56. The molecule has 1 unspecified atom stereocenters. The SMILES string of the molecule is Cc1ccc(C(CNC(=O)c2ccccc2I)N2CCCC2)cc1. The van der Waals surface area contributed by atoms with Crippen LogP contribution in [0.5, 0.6) is 0 Å². The topological polar surface area (TPSA) is 32.3 Å². The monoisotopic (exact) mass is 434 g/mol. The van der Waals surface area contributed by atoms with E-state index in [-0.39, 0.29) is 11.9 Å². The highest BCUT2D eigenvalue weighted by molar-refractivity contribution is 14.1. The molecule has 24 heavy (non-hydrogen) atoms. The van der Waals surface area contributed by atoms with Crippen molar-refractivity contribution < 1.29 is 4.79 Å². The Morgan fingerprint density at radius 3 is 2.46 bits per heavy atom. The number of benzene rings is 2. The Labute approximate surface area is 157 Å². The van der Waals surface area contributed by atoms with E-state index in [1.54, 1.807) is 0 Å². The predicted molar refractivity (Wildman–Crippen MR) is 106 cm³/mol. The molecular formula is C20H23IN2O. The molecule has 3 nitrogen and oxygen atoms in total. The summed E-state index contributed by atoms with van der Waals surface area (Å²) in [5, 5.41) is 3.14. The molecule has 1 amide bonds. The van der Waals surface area contributed by atoms with Crippen molar-refractivity contribution in [2.24, 2.45) is 0 Å². The van der Waals surface area contributed by atoms with Gasteiger partial charge in [0.05, 0.1) is 11.6 Å². The van der Waals surface area contributed by atoms with Gasteiger partial charge in [-0.25, -0.2) is 0 Å². The Hall–Kier alpha value is -1.40. The number of nitrogens with zero attached hydrogens (tertiary/aromatic N) is 1. The molecule has 1 aliphatic rings. The van der Waals surface area contributed by atoms with Crippen molar-refractivity contribution >= 4 is 28.5 Å². The number of halogens is 1. The summed E-state index contributed by atoms with van der Waals surface area (Å²) < 4.78 is 0.987. The summed E-state index contributed by atoms with van der Waals surface area (Å²) in [5.41, 5.74) is 3.30. The van der Waals surface area contributed by atoms with Crippen LogP contribution in [0.3, 0.4) is 0 Å². The molecule has 4 heteroatoms. The maximum atomic E-state index is 12.5. The Morgan fingerprint density at radius 2 is 1.79 bits per heavy atom. The van der Waals surface area contributed by atoms with Gasteiger partial charge in [-0.1, -0.05) is 42.0 Å². The van der Waals surface area contributed by atoms with Gasteiger partial charge in [-0.15, -0.1) is 0 Å². The summed E-state index contributed by atoms with van der Waals surface area (Å²) >= 11 is 2.21. The Kier molecular flexibility index (Phi) is 5.89. The molecule has 1 fully saturated rings. The molecule has 1 N–H and O–H groups in total. The molecule has 0 radical (unpaired) electrons. The van der Waals surface area contributed by atoms with Gasteiger partial charge in [0, 0.05) is 10.1 Å². The van der Waals surface area contributed by atoms with Crippen molar-refractivity contribution in [3.8, 4) is 0 Å². The summed E-state index contributed by atoms with van der Waals surface area (Å²) in [4.78, 5) is 15.0. The van der Waals surface area contributed by atoms with Gasteiger partial charge < -0.3 is 5.32 Å². The normalized spacial score (nSPS) is 16.1. The zero-order valence-corrected chi connectivity index (χ0v) is 16.1. The van der Waals surface area contributed by atoms with Gasteiger partial charge in [0.25, 0.3) is 5.91 Å². The van der Waals surface area contributed by atoms with Gasteiger partial charge in [-0.2, -0.15) is 0 Å². The standard InChI is InChI=1S/C20H23IN2O/c1-15-8-10-16(11-9-15)19(23-12-4-5-13-23)14-22-20(24)17-6-2-3-7-18(17)21/h2-3,6-11,19H,4-5,12-14H2,1H3,(H,22,24). The van der Waals surface area contributed by atoms with E-state index in [9.17, 15) is 4.79 Å². The van der Waals surface area contributed by atoms with Crippen molar-refractivity contribution in [2.45, 2.75) is 25.8 Å². The molecule has 0 saturated carbocycles. The van der Waals surface area contributed by atoms with Crippen LogP contribution in [-0.4, -0.2) is 30.4 Å². The van der Waals surface area contributed by atoms with Crippen molar-refractivity contribution in [1.29, 1.82) is 0 Å². The van der Waals surface area contributed by atoms with Crippen LogP contribution in [0, 0.1) is 10.5 Å². The number of aryl methyl sites for hydroxylation is 1. The lowest BCUT2D eigenvalue weighted by Crippen LogP contribution is -2.37. The van der Waals surface area contributed by atoms with Gasteiger partial charge in [-0.3, -0.25) is 9.69 Å². The fourth-order valence-corrected chi connectivity index (χ4v) is 3.86. The summed E-state index contributed by atoms with van der Waals surface area (Å²) in [6.07, 6.45) is 2.49. The first-order chi connectivity index (χ1) is 11.6. The summed E-state index contributed by atoms with van der Waals surface area (Å²) in [7, 11) is 0. The molecule has 0 aromatic heterocycles. The zero-order valence-electron chi connectivity index (χ0n) is 14.0. The molecule has 2 aromatic carbocycles. The molecule has 1 heterocycles. The van der Waals surface area contributed by atoms with Gasteiger partial charge >= 0.3 is 0 Å². The van der Waals surface area contributed by atoms with Crippen molar-refractivity contribution in [3.05, 3.63) is 68.8 Å². The highest BCUT2D eigenvalue weighted by Crippen LogP contribution is 2.25. The van der Waals surface area contributed by atoms with Crippen LogP contribution in [0.1, 0.15) is 40.4 Å². The van der Waals surface area contributed by atoms with Crippen LogP contribution in [0.15, 0.2) is 48.5 Å². The third kappa shape index (κ3) is 4.16. The van der Waals surface area contributed by atoms with E-state index in [1.807, 2.05) is 24.3 Å². The van der Waals surface area contributed by atoms with Crippen LogP contribution in [0.25, 0.3) is 0 Å². The minimum atomic E-state index is 0.0105. The van der Waals surface area contributed by atoms with E-state index in [1.165, 1.54) is 24.0 Å². The minimum absolute atomic E-state index is 0.0105. The Balaban J connectivity index is 1.73. The lowest BCUT2D eigenvalue weighted by Gasteiger charge is -2.28. The average Bonchev–Trinajstić information content (AvgIpc) is 3.11. The molecule has 0 spiro atoms. The molecular weight excluding hydrogens is 411 g/mol. The van der Waals surface area contributed by atoms with E-state index in [4.69, 9.17) is 0 Å². The molecule has 3 rings (SSSR count). The van der Waals surface area contributed by atoms with Crippen molar-refractivity contribution in [3.63, 3.8) is 0 Å². The van der Waals surface area contributed by atoms with E-state index < -0.39 is 0 Å². The second-order valence-corrected chi connectivity index (χ2v) is 7.52. The van der Waals surface area contributed by atoms with Crippen LogP contribution in [-0.2, 0) is 0 Å². The number of carbonyl (C=O) groups is 1. The number of hydrogen-bond acceptors (Lipinski definition) is 2. The lowest BCUT2D eigenvalue weighted by molar-refractivity contribution is 0.0937.